The van der Waals surface area contributed by atoms with Crippen LogP contribution in [0, 0.1) is 0 Å². The lowest BCUT2D eigenvalue weighted by Gasteiger charge is -2.06. The molecule has 2 rings (SSSR count). The maximum Gasteiger partial charge on any atom is 0.179 e. The molecule has 0 spiro atoms. The van der Waals surface area contributed by atoms with Crippen molar-refractivity contribution in [2.24, 2.45) is 0 Å². The first kappa shape index (κ1) is 15.2. The van der Waals surface area contributed by atoms with Crippen LogP contribution in [-0.2, 0) is 16.4 Å². The fourth-order valence-electron chi connectivity index (χ4n) is 1.69. The highest BCUT2D eigenvalue weighted by Gasteiger charge is 2.13. The fraction of sp³-hybridized carbons (Fsp3) is 0.214. The zero-order valence-corrected chi connectivity index (χ0v) is 13.2. The Kier molecular flexibility index (Phi) is 5.28. The molecule has 0 aliphatic rings. The molecule has 0 aliphatic heterocycles. The van der Waals surface area contributed by atoms with E-state index >= 15 is 0 Å². The number of nitrogens with one attached hydrogen (secondary N) is 1. The van der Waals surface area contributed by atoms with E-state index in [1.807, 2.05) is 18.2 Å². The Labute approximate surface area is 127 Å². The van der Waals surface area contributed by atoms with Crippen molar-refractivity contribution in [1.29, 1.82) is 0 Å². The summed E-state index contributed by atoms with van der Waals surface area (Å²) in [6, 6.07) is 12.3. The van der Waals surface area contributed by atoms with Crippen LogP contribution in [0.25, 0.3) is 0 Å². The van der Waals surface area contributed by atoms with E-state index in [1.165, 1.54) is 0 Å². The third-order valence-electron chi connectivity index (χ3n) is 2.75. The van der Waals surface area contributed by atoms with Crippen molar-refractivity contribution >= 4 is 25.8 Å². The molecule has 0 fully saturated rings. The Bertz CT molecular complexity index is 643. The number of halogens is 1. The maximum absolute atomic E-state index is 12.1. The average molecular weight is 355 g/mol. The lowest BCUT2D eigenvalue weighted by Crippen LogP contribution is -2.23. The second-order valence-corrected chi connectivity index (χ2v) is 7.30. The molecule has 106 valence electrons. The molecule has 0 saturated carbocycles. The van der Waals surface area contributed by atoms with Gasteiger partial charge in [-0.1, -0.05) is 22.0 Å². The molecule has 0 saturated heterocycles. The van der Waals surface area contributed by atoms with Crippen molar-refractivity contribution in [3.05, 3.63) is 58.8 Å². The summed E-state index contributed by atoms with van der Waals surface area (Å²) in [5, 5.41) is 3.09. The van der Waals surface area contributed by atoms with Gasteiger partial charge in [0.25, 0.3) is 0 Å². The summed E-state index contributed by atoms with van der Waals surface area (Å²) in [6.45, 7) is 0.964. The van der Waals surface area contributed by atoms with Crippen LogP contribution in [0.4, 0.5) is 0 Å². The molecule has 0 amide bonds. The van der Waals surface area contributed by atoms with Gasteiger partial charge in [-0.2, -0.15) is 0 Å². The quantitative estimate of drug-likeness (QED) is 0.809. The zero-order valence-electron chi connectivity index (χ0n) is 10.8. The summed E-state index contributed by atoms with van der Waals surface area (Å²) in [7, 11) is -3.24. The molecule has 4 nitrogen and oxygen atoms in total. The lowest BCUT2D eigenvalue weighted by atomic mass is 10.3. The van der Waals surface area contributed by atoms with Crippen LogP contribution in [-0.4, -0.2) is 25.7 Å². The van der Waals surface area contributed by atoms with Gasteiger partial charge in [0, 0.05) is 23.8 Å². The van der Waals surface area contributed by atoms with E-state index in [2.05, 4.69) is 26.2 Å². The van der Waals surface area contributed by atoms with E-state index in [-0.39, 0.29) is 5.75 Å². The van der Waals surface area contributed by atoms with Gasteiger partial charge in [-0.25, -0.2) is 8.42 Å². The molecule has 1 aromatic carbocycles. The van der Waals surface area contributed by atoms with E-state index in [1.54, 1.807) is 30.5 Å². The highest BCUT2D eigenvalue weighted by Crippen LogP contribution is 2.15. The van der Waals surface area contributed by atoms with Crippen molar-refractivity contribution in [3.8, 4) is 0 Å². The van der Waals surface area contributed by atoms with Gasteiger partial charge >= 0.3 is 0 Å². The third kappa shape index (κ3) is 4.40. The van der Waals surface area contributed by atoms with Crippen LogP contribution in [0.15, 0.2) is 58.0 Å². The van der Waals surface area contributed by atoms with Crippen molar-refractivity contribution in [1.82, 2.24) is 10.3 Å². The van der Waals surface area contributed by atoms with Gasteiger partial charge < -0.3 is 5.32 Å². The number of rotatable bonds is 6. The predicted octanol–water partition coefficient (Wildman–Crippen LogP) is 2.41. The van der Waals surface area contributed by atoms with Gasteiger partial charge in [-0.3, -0.25) is 4.98 Å². The monoisotopic (exact) mass is 354 g/mol. The minimum Gasteiger partial charge on any atom is -0.310 e. The van der Waals surface area contributed by atoms with Gasteiger partial charge in [0.05, 0.1) is 16.3 Å². The highest BCUT2D eigenvalue weighted by atomic mass is 79.9. The van der Waals surface area contributed by atoms with Crippen LogP contribution in [0.1, 0.15) is 5.69 Å². The summed E-state index contributed by atoms with van der Waals surface area (Å²) in [6.07, 6.45) is 1.72. The van der Waals surface area contributed by atoms with Gasteiger partial charge in [0.1, 0.15) is 0 Å². The predicted molar refractivity (Wildman–Crippen MR) is 82.1 cm³/mol. The van der Waals surface area contributed by atoms with Gasteiger partial charge in [-0.05, 0) is 36.4 Å². The van der Waals surface area contributed by atoms with Crippen molar-refractivity contribution in [2.75, 3.05) is 12.3 Å². The lowest BCUT2D eigenvalue weighted by molar-refractivity contribution is 0.590. The first-order valence-electron chi connectivity index (χ1n) is 6.17. The molecule has 0 atom stereocenters. The van der Waals surface area contributed by atoms with Crippen molar-refractivity contribution in [2.45, 2.75) is 11.4 Å². The SMILES string of the molecule is O=S(=O)(CCNCc1ccccn1)c1ccc(Br)cc1. The van der Waals surface area contributed by atoms with Crippen molar-refractivity contribution in [3.63, 3.8) is 0 Å². The van der Waals surface area contributed by atoms with Crippen LogP contribution < -0.4 is 5.32 Å². The number of aromatic nitrogens is 1. The topological polar surface area (TPSA) is 59.1 Å². The number of hydrogen-bond acceptors (Lipinski definition) is 4. The van der Waals surface area contributed by atoms with Crippen LogP contribution >= 0.6 is 15.9 Å². The van der Waals surface area contributed by atoms with Crippen LogP contribution in [0.2, 0.25) is 0 Å². The van der Waals surface area contributed by atoms with E-state index in [0.29, 0.717) is 18.0 Å². The first-order chi connectivity index (χ1) is 9.58. The van der Waals surface area contributed by atoms with E-state index in [4.69, 9.17) is 0 Å². The molecule has 6 heteroatoms. The molecule has 0 bridgehead atoms. The Hall–Kier alpha value is -1.24. The van der Waals surface area contributed by atoms with Crippen LogP contribution in [0.5, 0.6) is 0 Å². The Morgan fingerprint density at radius 3 is 2.50 bits per heavy atom. The highest BCUT2D eigenvalue weighted by molar-refractivity contribution is 9.10. The smallest absolute Gasteiger partial charge is 0.179 e. The number of pyridine rings is 1. The number of sulfone groups is 1. The Morgan fingerprint density at radius 1 is 1.10 bits per heavy atom. The minimum atomic E-state index is -3.24. The van der Waals surface area contributed by atoms with Gasteiger partial charge in [-0.15, -0.1) is 0 Å². The summed E-state index contributed by atoms with van der Waals surface area (Å²) < 4.78 is 25.0. The second-order valence-electron chi connectivity index (χ2n) is 4.27. The number of hydrogen-bond donors (Lipinski definition) is 1. The van der Waals surface area contributed by atoms with Gasteiger partial charge in [0.15, 0.2) is 9.84 Å². The standard InChI is InChI=1S/C14H15BrN2O2S/c15-12-4-6-14(7-5-12)20(18,19)10-9-16-11-13-3-1-2-8-17-13/h1-8,16H,9-11H2. The summed E-state index contributed by atoms with van der Waals surface area (Å²) in [5.74, 6) is 0.0709. The average Bonchev–Trinajstić information content (AvgIpc) is 2.45. The largest absolute Gasteiger partial charge is 0.310 e. The maximum atomic E-state index is 12.1. The fourth-order valence-corrected chi connectivity index (χ4v) is 3.15. The Balaban J connectivity index is 1.85. The number of benzene rings is 1. The zero-order chi connectivity index (χ0) is 14.4. The molecule has 1 N–H and O–H groups in total. The molecule has 1 aromatic heterocycles. The summed E-state index contributed by atoms with van der Waals surface area (Å²) in [4.78, 5) is 4.51. The number of nitrogens with zero attached hydrogens (tertiary/aromatic N) is 1. The second kappa shape index (κ2) is 6.97. The van der Waals surface area contributed by atoms with Crippen LogP contribution in [0.3, 0.4) is 0 Å². The summed E-state index contributed by atoms with van der Waals surface area (Å²) >= 11 is 3.29. The minimum absolute atomic E-state index is 0.0709. The molecule has 0 radical (unpaired) electrons. The molecular weight excluding hydrogens is 340 g/mol. The van der Waals surface area contributed by atoms with Crippen molar-refractivity contribution < 1.29 is 8.42 Å². The summed E-state index contributed by atoms with van der Waals surface area (Å²) in [5.41, 5.74) is 0.897. The normalized spacial score (nSPS) is 11.4. The molecular formula is C14H15BrN2O2S. The Morgan fingerprint density at radius 2 is 1.85 bits per heavy atom. The molecule has 2 aromatic rings. The van der Waals surface area contributed by atoms with E-state index in [0.717, 1.165) is 10.2 Å². The van der Waals surface area contributed by atoms with Gasteiger partial charge in [0.2, 0.25) is 0 Å². The molecule has 20 heavy (non-hydrogen) atoms. The van der Waals surface area contributed by atoms with E-state index in [9.17, 15) is 8.42 Å². The van der Waals surface area contributed by atoms with E-state index < -0.39 is 9.84 Å². The molecule has 0 unspecified atom stereocenters. The molecule has 0 aliphatic carbocycles. The third-order valence-corrected chi connectivity index (χ3v) is 5.01. The first-order valence-corrected chi connectivity index (χ1v) is 8.61. The molecule has 1 heterocycles.